The Bertz CT molecular complexity index is 221. The predicted octanol–water partition coefficient (Wildman–Crippen LogP) is -0.105. The van der Waals surface area contributed by atoms with Crippen molar-refractivity contribution in [3.8, 4) is 0 Å². The molecule has 0 bridgehead atoms. The van der Waals surface area contributed by atoms with Gasteiger partial charge in [-0.05, 0) is 18.8 Å². The number of carbonyl (C=O) groups excluding carboxylic acids is 1. The Morgan fingerprint density at radius 3 is 2.77 bits per heavy atom. The molecule has 0 aromatic carbocycles. The van der Waals surface area contributed by atoms with Gasteiger partial charge < -0.3 is 16.3 Å². The van der Waals surface area contributed by atoms with Crippen molar-refractivity contribution < 1.29 is 10.0 Å². The third-order valence-corrected chi connectivity index (χ3v) is 2.32. The minimum absolute atomic E-state index is 0.00435. The Labute approximate surface area is 77.0 Å². The first-order valence-electron chi connectivity index (χ1n) is 4.37. The molecule has 4 N–H and O–H groups in total. The van der Waals surface area contributed by atoms with E-state index in [9.17, 15) is 4.79 Å². The first-order valence-corrected chi connectivity index (χ1v) is 4.37. The lowest BCUT2D eigenvalue weighted by atomic mass is 9.76. The predicted molar refractivity (Wildman–Crippen MR) is 48.3 cm³/mol. The Hall–Kier alpha value is -1.26. The summed E-state index contributed by atoms with van der Waals surface area (Å²) in [4.78, 5) is 11.3. The Morgan fingerprint density at radius 1 is 1.69 bits per heavy atom. The molecule has 0 aromatic heterocycles. The number of hydrogen-bond donors (Lipinski definition) is 3. The van der Waals surface area contributed by atoms with Gasteiger partial charge in [0.1, 0.15) is 0 Å². The van der Waals surface area contributed by atoms with Crippen LogP contribution in [-0.4, -0.2) is 23.5 Å². The topological polar surface area (TPSA) is 87.7 Å². The minimum Gasteiger partial charge on any atom is -0.409 e. The summed E-state index contributed by atoms with van der Waals surface area (Å²) in [6, 6.07) is 0. The van der Waals surface area contributed by atoms with Crippen molar-refractivity contribution in [1.82, 2.24) is 5.32 Å². The van der Waals surface area contributed by atoms with Crippen LogP contribution in [0.25, 0.3) is 0 Å². The highest BCUT2D eigenvalue weighted by Gasteiger charge is 2.31. The number of hydrogen-bond acceptors (Lipinski definition) is 3. The molecule has 5 heteroatoms. The van der Waals surface area contributed by atoms with Gasteiger partial charge in [0, 0.05) is 5.92 Å². The maximum Gasteiger partial charge on any atom is 0.223 e. The number of amides is 1. The number of oxime groups is 1. The summed E-state index contributed by atoms with van der Waals surface area (Å²) in [7, 11) is 0. The van der Waals surface area contributed by atoms with Gasteiger partial charge in [-0.25, -0.2) is 0 Å². The van der Waals surface area contributed by atoms with Crippen LogP contribution < -0.4 is 11.1 Å². The van der Waals surface area contributed by atoms with Crippen LogP contribution in [0.3, 0.4) is 0 Å². The van der Waals surface area contributed by atoms with Gasteiger partial charge in [0.15, 0.2) is 5.84 Å². The first-order chi connectivity index (χ1) is 6.13. The lowest BCUT2D eigenvalue weighted by Crippen LogP contribution is -2.41. The van der Waals surface area contributed by atoms with Crippen molar-refractivity contribution in [2.24, 2.45) is 22.7 Å². The second-order valence-electron chi connectivity index (χ2n) is 3.58. The molecule has 0 aromatic rings. The Balaban J connectivity index is 2.19. The first kappa shape index (κ1) is 9.83. The molecule has 0 unspecified atom stereocenters. The molecule has 0 aliphatic heterocycles. The highest BCUT2D eigenvalue weighted by molar-refractivity contribution is 5.87. The highest BCUT2D eigenvalue weighted by Crippen LogP contribution is 2.32. The molecule has 5 nitrogen and oxygen atoms in total. The van der Waals surface area contributed by atoms with Gasteiger partial charge in [-0.1, -0.05) is 12.1 Å². The number of nitrogens with zero attached hydrogens (tertiary/aromatic N) is 1. The molecule has 1 rings (SSSR count). The lowest BCUT2D eigenvalue weighted by molar-refractivity contribution is -0.128. The van der Waals surface area contributed by atoms with Gasteiger partial charge in [-0.3, -0.25) is 4.79 Å². The average Bonchev–Trinajstić information content (AvgIpc) is 2.08. The van der Waals surface area contributed by atoms with E-state index in [1.54, 1.807) is 0 Å². The zero-order valence-electron chi connectivity index (χ0n) is 7.66. The third kappa shape index (κ3) is 2.61. The van der Waals surface area contributed by atoms with E-state index in [0.29, 0.717) is 5.92 Å². The summed E-state index contributed by atoms with van der Waals surface area (Å²) in [5.41, 5.74) is 5.19. The number of nitrogens with one attached hydrogen (secondary N) is 1. The van der Waals surface area contributed by atoms with Crippen molar-refractivity contribution in [3.05, 3.63) is 0 Å². The second kappa shape index (κ2) is 4.11. The minimum atomic E-state index is 0.00435. The highest BCUT2D eigenvalue weighted by atomic mass is 16.4. The fourth-order valence-corrected chi connectivity index (χ4v) is 1.47. The van der Waals surface area contributed by atoms with E-state index < -0.39 is 0 Å². The quantitative estimate of drug-likeness (QED) is 0.248. The molecule has 0 heterocycles. The fraction of sp³-hybridized carbons (Fsp3) is 0.750. The van der Waals surface area contributed by atoms with Gasteiger partial charge in [0.2, 0.25) is 5.91 Å². The molecule has 1 fully saturated rings. The molecule has 0 saturated heterocycles. The molecule has 1 aliphatic rings. The standard InChI is InChI=1S/C8H15N3O2/c1-5-2-6(3-5)8(12)10-4-7(9)11-13/h5-6,13H,2-4H2,1H3,(H2,9,11)(H,10,12). The molecule has 1 saturated carbocycles. The molecule has 13 heavy (non-hydrogen) atoms. The van der Waals surface area contributed by atoms with Gasteiger partial charge in [0.25, 0.3) is 0 Å². The zero-order chi connectivity index (χ0) is 9.84. The van der Waals surface area contributed by atoms with E-state index in [1.165, 1.54) is 0 Å². The molecule has 1 aliphatic carbocycles. The summed E-state index contributed by atoms with van der Waals surface area (Å²) in [5, 5.41) is 13.6. The second-order valence-corrected chi connectivity index (χ2v) is 3.58. The third-order valence-electron chi connectivity index (χ3n) is 2.32. The van der Waals surface area contributed by atoms with E-state index in [2.05, 4.69) is 17.4 Å². The number of nitrogens with two attached hydrogens (primary N) is 1. The Morgan fingerprint density at radius 2 is 2.31 bits per heavy atom. The monoisotopic (exact) mass is 185 g/mol. The van der Waals surface area contributed by atoms with Crippen LogP contribution >= 0.6 is 0 Å². The molecule has 74 valence electrons. The molecule has 0 atom stereocenters. The molecular formula is C8H15N3O2. The van der Waals surface area contributed by atoms with Gasteiger partial charge in [-0.2, -0.15) is 0 Å². The van der Waals surface area contributed by atoms with Crippen LogP contribution in [0.15, 0.2) is 5.16 Å². The van der Waals surface area contributed by atoms with Crippen LogP contribution in [0.2, 0.25) is 0 Å². The fourth-order valence-electron chi connectivity index (χ4n) is 1.47. The van der Waals surface area contributed by atoms with Gasteiger partial charge >= 0.3 is 0 Å². The molecule has 1 amide bonds. The van der Waals surface area contributed by atoms with Crippen molar-refractivity contribution in [1.29, 1.82) is 0 Å². The van der Waals surface area contributed by atoms with Crippen LogP contribution in [0, 0.1) is 11.8 Å². The summed E-state index contributed by atoms with van der Waals surface area (Å²) in [5.74, 6) is 0.812. The van der Waals surface area contributed by atoms with Gasteiger partial charge in [0.05, 0.1) is 6.54 Å². The largest absolute Gasteiger partial charge is 0.409 e. The van der Waals surface area contributed by atoms with E-state index in [0.717, 1.165) is 12.8 Å². The molecule has 0 radical (unpaired) electrons. The van der Waals surface area contributed by atoms with E-state index >= 15 is 0 Å². The van der Waals surface area contributed by atoms with Crippen molar-refractivity contribution in [2.75, 3.05) is 6.54 Å². The van der Waals surface area contributed by atoms with Gasteiger partial charge in [-0.15, -0.1) is 0 Å². The van der Waals surface area contributed by atoms with Crippen LogP contribution in [0.4, 0.5) is 0 Å². The van der Waals surface area contributed by atoms with Crippen LogP contribution in [0.1, 0.15) is 19.8 Å². The summed E-state index contributed by atoms with van der Waals surface area (Å²) in [6.45, 7) is 2.24. The van der Waals surface area contributed by atoms with Crippen molar-refractivity contribution in [2.45, 2.75) is 19.8 Å². The Kier molecular flexibility index (Phi) is 3.11. The maximum absolute atomic E-state index is 11.3. The smallest absolute Gasteiger partial charge is 0.223 e. The SMILES string of the molecule is CC1CC(C(=O)NC/C(N)=N/O)C1. The zero-order valence-corrected chi connectivity index (χ0v) is 7.66. The molecular weight excluding hydrogens is 170 g/mol. The maximum atomic E-state index is 11.3. The van der Waals surface area contributed by atoms with E-state index in [-0.39, 0.29) is 24.2 Å². The van der Waals surface area contributed by atoms with Crippen LogP contribution in [-0.2, 0) is 4.79 Å². The van der Waals surface area contributed by atoms with Crippen molar-refractivity contribution in [3.63, 3.8) is 0 Å². The summed E-state index contributed by atoms with van der Waals surface area (Å²) >= 11 is 0. The summed E-state index contributed by atoms with van der Waals surface area (Å²) < 4.78 is 0. The van der Waals surface area contributed by atoms with Crippen molar-refractivity contribution >= 4 is 11.7 Å². The van der Waals surface area contributed by atoms with E-state index in [1.807, 2.05) is 0 Å². The number of amidine groups is 1. The van der Waals surface area contributed by atoms with E-state index in [4.69, 9.17) is 10.9 Å². The average molecular weight is 185 g/mol. The lowest BCUT2D eigenvalue weighted by Gasteiger charge is -2.31. The normalized spacial score (nSPS) is 27.9. The number of rotatable bonds is 3. The molecule has 0 spiro atoms. The number of carbonyl (C=O) groups is 1. The summed E-state index contributed by atoms with van der Waals surface area (Å²) in [6.07, 6.45) is 1.89. The van der Waals surface area contributed by atoms with Crippen LogP contribution in [0.5, 0.6) is 0 Å².